The quantitative estimate of drug-likeness (QED) is 0.862. The summed E-state index contributed by atoms with van der Waals surface area (Å²) in [6.45, 7) is 6.10. The van der Waals surface area contributed by atoms with Crippen molar-refractivity contribution in [3.8, 4) is 0 Å². The third-order valence-corrected chi connectivity index (χ3v) is 4.23. The highest BCUT2D eigenvalue weighted by molar-refractivity contribution is 5.93. The summed E-state index contributed by atoms with van der Waals surface area (Å²) in [5.41, 5.74) is 2.11. The molecule has 110 valence electrons. The number of benzene rings is 1. The van der Waals surface area contributed by atoms with Crippen LogP contribution in [0, 0.1) is 11.8 Å². The molecule has 0 aromatic heterocycles. The van der Waals surface area contributed by atoms with Crippen molar-refractivity contribution in [3.63, 3.8) is 0 Å². The van der Waals surface area contributed by atoms with Gasteiger partial charge in [-0.15, -0.1) is 0 Å². The number of carbonyl (C=O) groups is 1. The van der Waals surface area contributed by atoms with Crippen LogP contribution in [-0.4, -0.2) is 12.5 Å². The maximum absolute atomic E-state index is 12.4. The maximum atomic E-state index is 12.4. The Hall–Kier alpha value is -1.35. The van der Waals surface area contributed by atoms with Gasteiger partial charge in [0, 0.05) is 18.2 Å². The summed E-state index contributed by atoms with van der Waals surface area (Å²) in [7, 11) is 0. The number of hydrogen-bond acceptors (Lipinski definition) is 2. The van der Waals surface area contributed by atoms with Gasteiger partial charge in [0.05, 0.1) is 0 Å². The summed E-state index contributed by atoms with van der Waals surface area (Å²) in [6, 6.07) is 8.07. The van der Waals surface area contributed by atoms with Crippen molar-refractivity contribution in [2.24, 2.45) is 11.8 Å². The van der Waals surface area contributed by atoms with E-state index in [4.69, 9.17) is 0 Å². The van der Waals surface area contributed by atoms with Crippen LogP contribution in [0.5, 0.6) is 0 Å². The maximum Gasteiger partial charge on any atom is 0.227 e. The molecule has 1 aliphatic carbocycles. The Morgan fingerprint density at radius 3 is 2.60 bits per heavy atom. The van der Waals surface area contributed by atoms with Crippen molar-refractivity contribution in [3.05, 3.63) is 29.8 Å². The second kappa shape index (κ2) is 7.44. The standard InChI is InChI=1S/C17H26N2O/c1-3-18-12-15-6-4-5-7-16(15)19-17(20)14-10-8-13(2)9-11-14/h4-7,13-14,18H,3,8-12H2,1-2H3,(H,19,20). The predicted octanol–water partition coefficient (Wildman–Crippen LogP) is 3.56. The fraction of sp³-hybridized carbons (Fsp3) is 0.588. The third-order valence-electron chi connectivity index (χ3n) is 4.23. The minimum atomic E-state index is 0.193. The minimum Gasteiger partial charge on any atom is -0.326 e. The SMILES string of the molecule is CCNCc1ccccc1NC(=O)C1CCC(C)CC1. The van der Waals surface area contributed by atoms with Crippen LogP contribution in [0.2, 0.25) is 0 Å². The van der Waals surface area contributed by atoms with E-state index < -0.39 is 0 Å². The van der Waals surface area contributed by atoms with E-state index in [0.717, 1.165) is 43.1 Å². The summed E-state index contributed by atoms with van der Waals surface area (Å²) < 4.78 is 0. The van der Waals surface area contributed by atoms with Gasteiger partial charge in [-0.05, 0) is 49.8 Å². The number of para-hydroxylation sites is 1. The first kappa shape index (κ1) is 15.0. The van der Waals surface area contributed by atoms with E-state index in [9.17, 15) is 4.79 Å². The molecular formula is C17H26N2O. The Labute approximate surface area is 122 Å². The highest BCUT2D eigenvalue weighted by Crippen LogP contribution is 2.29. The van der Waals surface area contributed by atoms with E-state index >= 15 is 0 Å². The van der Waals surface area contributed by atoms with Gasteiger partial charge >= 0.3 is 0 Å². The molecule has 0 radical (unpaired) electrons. The van der Waals surface area contributed by atoms with E-state index in [1.54, 1.807) is 0 Å². The van der Waals surface area contributed by atoms with Crippen molar-refractivity contribution in [2.45, 2.75) is 46.1 Å². The molecule has 2 N–H and O–H groups in total. The van der Waals surface area contributed by atoms with Crippen LogP contribution in [0.1, 0.15) is 45.1 Å². The molecule has 0 saturated heterocycles. The average Bonchev–Trinajstić information content (AvgIpc) is 2.47. The van der Waals surface area contributed by atoms with Crippen LogP contribution in [0.4, 0.5) is 5.69 Å². The molecule has 2 rings (SSSR count). The molecule has 0 heterocycles. The van der Waals surface area contributed by atoms with Gasteiger partial charge in [-0.2, -0.15) is 0 Å². The molecule has 20 heavy (non-hydrogen) atoms. The molecule has 0 unspecified atom stereocenters. The Kier molecular flexibility index (Phi) is 5.60. The van der Waals surface area contributed by atoms with Gasteiger partial charge in [0.1, 0.15) is 0 Å². The highest BCUT2D eigenvalue weighted by atomic mass is 16.1. The van der Waals surface area contributed by atoms with Gasteiger partial charge in [0.2, 0.25) is 5.91 Å². The summed E-state index contributed by atoms with van der Waals surface area (Å²) in [6.07, 6.45) is 4.42. The van der Waals surface area contributed by atoms with Crippen LogP contribution in [0.25, 0.3) is 0 Å². The third kappa shape index (κ3) is 4.07. The summed E-state index contributed by atoms with van der Waals surface area (Å²) in [4.78, 5) is 12.4. The molecule has 1 amide bonds. The van der Waals surface area contributed by atoms with Crippen LogP contribution < -0.4 is 10.6 Å². The Balaban J connectivity index is 1.96. The number of anilines is 1. The Morgan fingerprint density at radius 1 is 1.20 bits per heavy atom. The lowest BCUT2D eigenvalue weighted by Gasteiger charge is -2.25. The van der Waals surface area contributed by atoms with E-state index in [1.807, 2.05) is 18.2 Å². The van der Waals surface area contributed by atoms with Gasteiger partial charge in [-0.25, -0.2) is 0 Å². The summed E-state index contributed by atoms with van der Waals surface area (Å²) in [5.74, 6) is 1.17. The fourth-order valence-electron chi connectivity index (χ4n) is 2.81. The molecule has 0 aliphatic heterocycles. The normalized spacial score (nSPS) is 22.5. The number of hydrogen-bond donors (Lipinski definition) is 2. The van der Waals surface area contributed by atoms with Gasteiger partial charge < -0.3 is 10.6 Å². The largest absolute Gasteiger partial charge is 0.326 e. The monoisotopic (exact) mass is 274 g/mol. The van der Waals surface area contributed by atoms with E-state index in [0.29, 0.717) is 0 Å². The van der Waals surface area contributed by atoms with Crippen molar-refractivity contribution < 1.29 is 4.79 Å². The number of nitrogens with one attached hydrogen (secondary N) is 2. The van der Waals surface area contributed by atoms with Gasteiger partial charge in [0.15, 0.2) is 0 Å². The molecule has 1 fully saturated rings. The van der Waals surface area contributed by atoms with Gasteiger partial charge in [-0.3, -0.25) is 4.79 Å². The molecule has 1 aromatic carbocycles. The highest BCUT2D eigenvalue weighted by Gasteiger charge is 2.24. The van der Waals surface area contributed by atoms with Gasteiger partial charge in [-0.1, -0.05) is 32.0 Å². The second-order valence-electron chi connectivity index (χ2n) is 5.88. The van der Waals surface area contributed by atoms with Crippen LogP contribution in [-0.2, 0) is 11.3 Å². The Morgan fingerprint density at radius 2 is 1.90 bits per heavy atom. The molecule has 3 heteroatoms. The number of amides is 1. The lowest BCUT2D eigenvalue weighted by atomic mass is 9.82. The zero-order chi connectivity index (χ0) is 14.4. The lowest BCUT2D eigenvalue weighted by molar-refractivity contribution is -0.121. The first-order valence-electron chi connectivity index (χ1n) is 7.80. The second-order valence-corrected chi connectivity index (χ2v) is 5.88. The average molecular weight is 274 g/mol. The topological polar surface area (TPSA) is 41.1 Å². The fourth-order valence-corrected chi connectivity index (χ4v) is 2.81. The summed E-state index contributed by atoms with van der Waals surface area (Å²) >= 11 is 0. The molecule has 1 aliphatic rings. The van der Waals surface area contributed by atoms with Crippen molar-refractivity contribution >= 4 is 11.6 Å². The van der Waals surface area contributed by atoms with Crippen molar-refractivity contribution in [1.29, 1.82) is 0 Å². The molecule has 0 atom stereocenters. The first-order valence-corrected chi connectivity index (χ1v) is 7.80. The summed E-state index contributed by atoms with van der Waals surface area (Å²) in [5, 5.41) is 6.44. The number of carbonyl (C=O) groups excluding carboxylic acids is 1. The molecular weight excluding hydrogens is 248 g/mol. The molecule has 1 saturated carbocycles. The minimum absolute atomic E-state index is 0.193. The lowest BCUT2D eigenvalue weighted by Crippen LogP contribution is -2.27. The van der Waals surface area contributed by atoms with E-state index in [-0.39, 0.29) is 11.8 Å². The smallest absolute Gasteiger partial charge is 0.227 e. The zero-order valence-electron chi connectivity index (χ0n) is 12.6. The number of rotatable bonds is 5. The Bertz CT molecular complexity index is 436. The van der Waals surface area contributed by atoms with Crippen molar-refractivity contribution in [1.82, 2.24) is 5.32 Å². The molecule has 1 aromatic rings. The van der Waals surface area contributed by atoms with E-state index in [1.165, 1.54) is 12.8 Å². The van der Waals surface area contributed by atoms with Crippen molar-refractivity contribution in [2.75, 3.05) is 11.9 Å². The van der Waals surface area contributed by atoms with Crippen LogP contribution in [0.3, 0.4) is 0 Å². The van der Waals surface area contributed by atoms with Gasteiger partial charge in [0.25, 0.3) is 0 Å². The van der Waals surface area contributed by atoms with Crippen LogP contribution in [0.15, 0.2) is 24.3 Å². The van der Waals surface area contributed by atoms with Crippen LogP contribution >= 0.6 is 0 Å². The first-order chi connectivity index (χ1) is 9.70. The molecule has 0 spiro atoms. The van der Waals surface area contributed by atoms with E-state index in [2.05, 4.69) is 30.5 Å². The molecule has 3 nitrogen and oxygen atoms in total. The predicted molar refractivity (Wildman–Crippen MR) is 83.6 cm³/mol. The molecule has 0 bridgehead atoms. The zero-order valence-corrected chi connectivity index (χ0v) is 12.6.